The SMILES string of the molecule is CC(S)C1CCCCC1OC(=O)O. The molecule has 3 atom stereocenters. The highest BCUT2D eigenvalue weighted by Crippen LogP contribution is 2.31. The molecule has 1 saturated carbocycles. The summed E-state index contributed by atoms with van der Waals surface area (Å²) in [6, 6.07) is 0. The Labute approximate surface area is 83.9 Å². The summed E-state index contributed by atoms with van der Waals surface area (Å²) in [5, 5.41) is 8.73. The van der Waals surface area contributed by atoms with Crippen LogP contribution in [-0.4, -0.2) is 22.6 Å². The third-order valence-electron chi connectivity index (χ3n) is 2.63. The lowest BCUT2D eigenvalue weighted by Gasteiger charge is -2.32. The van der Waals surface area contributed by atoms with Gasteiger partial charge in [0.2, 0.25) is 0 Å². The van der Waals surface area contributed by atoms with Crippen LogP contribution in [0.25, 0.3) is 0 Å². The van der Waals surface area contributed by atoms with Crippen LogP contribution >= 0.6 is 12.6 Å². The Balaban J connectivity index is 2.51. The van der Waals surface area contributed by atoms with Gasteiger partial charge in [-0.2, -0.15) is 12.6 Å². The van der Waals surface area contributed by atoms with Gasteiger partial charge < -0.3 is 9.84 Å². The van der Waals surface area contributed by atoms with Gasteiger partial charge in [0, 0.05) is 11.2 Å². The highest BCUT2D eigenvalue weighted by atomic mass is 32.1. The molecule has 0 aromatic carbocycles. The van der Waals surface area contributed by atoms with Gasteiger partial charge in [0.05, 0.1) is 0 Å². The van der Waals surface area contributed by atoms with Crippen LogP contribution in [0.2, 0.25) is 0 Å². The molecular formula is C9H16O3S. The molecule has 76 valence electrons. The molecular weight excluding hydrogens is 188 g/mol. The summed E-state index contributed by atoms with van der Waals surface area (Å²) >= 11 is 4.35. The monoisotopic (exact) mass is 204 g/mol. The third-order valence-corrected chi connectivity index (χ3v) is 3.01. The van der Waals surface area contributed by atoms with E-state index in [1.807, 2.05) is 6.92 Å². The second-order valence-corrected chi connectivity index (χ2v) is 4.43. The van der Waals surface area contributed by atoms with E-state index >= 15 is 0 Å². The summed E-state index contributed by atoms with van der Waals surface area (Å²) in [6.45, 7) is 2.00. The average molecular weight is 204 g/mol. The van der Waals surface area contributed by atoms with Gasteiger partial charge in [-0.1, -0.05) is 13.3 Å². The molecule has 13 heavy (non-hydrogen) atoms. The number of carboxylic acid groups (broad SMARTS) is 1. The Morgan fingerprint density at radius 1 is 1.54 bits per heavy atom. The molecule has 1 aliphatic carbocycles. The predicted molar refractivity (Wildman–Crippen MR) is 53.3 cm³/mol. The predicted octanol–water partition coefficient (Wildman–Crippen LogP) is 2.56. The first kappa shape index (κ1) is 10.7. The average Bonchev–Trinajstić information content (AvgIpc) is 2.03. The van der Waals surface area contributed by atoms with E-state index in [2.05, 4.69) is 12.6 Å². The fourth-order valence-corrected chi connectivity index (χ4v) is 2.29. The van der Waals surface area contributed by atoms with E-state index in [0.29, 0.717) is 0 Å². The van der Waals surface area contributed by atoms with Gasteiger partial charge in [-0.3, -0.25) is 0 Å². The highest BCUT2D eigenvalue weighted by molar-refractivity contribution is 7.80. The van der Waals surface area contributed by atoms with E-state index in [1.165, 1.54) is 0 Å². The second kappa shape index (κ2) is 4.74. The van der Waals surface area contributed by atoms with E-state index in [0.717, 1.165) is 25.7 Å². The Bertz CT molecular complexity index is 182. The molecule has 4 heteroatoms. The Morgan fingerprint density at radius 2 is 2.15 bits per heavy atom. The Hall–Kier alpha value is -0.380. The van der Waals surface area contributed by atoms with Gasteiger partial charge in [0.1, 0.15) is 6.10 Å². The smallest absolute Gasteiger partial charge is 0.450 e. The van der Waals surface area contributed by atoms with Gasteiger partial charge in [0.25, 0.3) is 0 Å². The number of hydrogen-bond acceptors (Lipinski definition) is 3. The summed E-state index contributed by atoms with van der Waals surface area (Å²) in [5.74, 6) is 0.285. The van der Waals surface area contributed by atoms with Crippen molar-refractivity contribution in [2.75, 3.05) is 0 Å². The van der Waals surface area contributed by atoms with Crippen molar-refractivity contribution in [1.29, 1.82) is 0 Å². The third kappa shape index (κ3) is 3.10. The zero-order chi connectivity index (χ0) is 9.84. The van der Waals surface area contributed by atoms with E-state index < -0.39 is 6.16 Å². The number of thiol groups is 1. The molecule has 0 bridgehead atoms. The lowest BCUT2D eigenvalue weighted by Crippen LogP contribution is -2.34. The molecule has 1 N–H and O–H groups in total. The molecule has 0 radical (unpaired) electrons. The maximum absolute atomic E-state index is 10.4. The van der Waals surface area contributed by atoms with Gasteiger partial charge in [0.15, 0.2) is 0 Å². The topological polar surface area (TPSA) is 46.5 Å². The quantitative estimate of drug-likeness (QED) is 0.537. The number of carbonyl (C=O) groups is 1. The molecule has 0 amide bonds. The molecule has 0 aromatic heterocycles. The molecule has 0 spiro atoms. The van der Waals surface area contributed by atoms with Crippen LogP contribution in [0.4, 0.5) is 4.79 Å². The first-order valence-corrected chi connectivity index (χ1v) is 5.20. The van der Waals surface area contributed by atoms with Crippen molar-refractivity contribution in [2.45, 2.75) is 44.0 Å². The zero-order valence-corrected chi connectivity index (χ0v) is 8.67. The van der Waals surface area contributed by atoms with E-state index in [4.69, 9.17) is 9.84 Å². The number of hydrogen-bond donors (Lipinski definition) is 2. The van der Waals surface area contributed by atoms with E-state index in [1.54, 1.807) is 0 Å². The zero-order valence-electron chi connectivity index (χ0n) is 7.77. The van der Waals surface area contributed by atoms with Gasteiger partial charge >= 0.3 is 6.16 Å². The van der Waals surface area contributed by atoms with Crippen molar-refractivity contribution in [3.63, 3.8) is 0 Å². The molecule has 3 unspecified atom stereocenters. The van der Waals surface area contributed by atoms with Crippen LogP contribution in [0, 0.1) is 5.92 Å². The fraction of sp³-hybridized carbons (Fsp3) is 0.889. The minimum Gasteiger partial charge on any atom is -0.450 e. The number of rotatable bonds is 2. The van der Waals surface area contributed by atoms with Crippen molar-refractivity contribution in [3.05, 3.63) is 0 Å². The Kier molecular flexibility index (Phi) is 3.90. The normalized spacial score (nSPS) is 30.9. The largest absolute Gasteiger partial charge is 0.506 e. The summed E-state index contributed by atoms with van der Waals surface area (Å²) in [6.07, 6.45) is 2.80. The van der Waals surface area contributed by atoms with Crippen LogP contribution < -0.4 is 0 Å². The molecule has 1 rings (SSSR count). The van der Waals surface area contributed by atoms with Gasteiger partial charge in [-0.05, 0) is 19.3 Å². The van der Waals surface area contributed by atoms with E-state index in [-0.39, 0.29) is 17.3 Å². The van der Waals surface area contributed by atoms with Crippen LogP contribution in [-0.2, 0) is 4.74 Å². The molecule has 0 saturated heterocycles. The molecule has 1 aliphatic rings. The van der Waals surface area contributed by atoms with Crippen LogP contribution in [0.3, 0.4) is 0 Å². The summed E-state index contributed by atoms with van der Waals surface area (Å²) in [7, 11) is 0. The lowest BCUT2D eigenvalue weighted by atomic mass is 9.84. The molecule has 1 fully saturated rings. The summed E-state index contributed by atoms with van der Waals surface area (Å²) in [4.78, 5) is 10.4. The van der Waals surface area contributed by atoms with Crippen molar-refractivity contribution in [2.24, 2.45) is 5.92 Å². The van der Waals surface area contributed by atoms with Crippen molar-refractivity contribution < 1.29 is 14.6 Å². The molecule has 0 aliphatic heterocycles. The molecule has 0 heterocycles. The summed E-state index contributed by atoms with van der Waals surface area (Å²) in [5.41, 5.74) is 0. The van der Waals surface area contributed by atoms with E-state index in [9.17, 15) is 4.79 Å². The molecule has 0 aromatic rings. The standard InChI is InChI=1S/C9H16O3S/c1-6(13)7-4-2-3-5-8(7)12-9(10)11/h6-8,13H,2-5H2,1H3,(H,10,11). The highest BCUT2D eigenvalue weighted by Gasteiger charge is 2.30. The lowest BCUT2D eigenvalue weighted by molar-refractivity contribution is 0.00724. The Morgan fingerprint density at radius 3 is 2.69 bits per heavy atom. The van der Waals surface area contributed by atoms with Crippen molar-refractivity contribution in [3.8, 4) is 0 Å². The van der Waals surface area contributed by atoms with Crippen LogP contribution in [0.1, 0.15) is 32.6 Å². The maximum atomic E-state index is 10.4. The van der Waals surface area contributed by atoms with Gasteiger partial charge in [-0.15, -0.1) is 0 Å². The molecule has 3 nitrogen and oxygen atoms in total. The maximum Gasteiger partial charge on any atom is 0.506 e. The number of ether oxygens (including phenoxy) is 1. The fourth-order valence-electron chi connectivity index (χ4n) is 1.95. The first-order chi connectivity index (χ1) is 6.11. The van der Waals surface area contributed by atoms with Gasteiger partial charge in [-0.25, -0.2) is 4.79 Å². The first-order valence-electron chi connectivity index (χ1n) is 4.69. The minimum atomic E-state index is -1.16. The summed E-state index contributed by atoms with van der Waals surface area (Å²) < 4.78 is 4.83. The van der Waals surface area contributed by atoms with Crippen molar-refractivity contribution >= 4 is 18.8 Å². The van der Waals surface area contributed by atoms with Crippen LogP contribution in [0.5, 0.6) is 0 Å². The van der Waals surface area contributed by atoms with Crippen LogP contribution in [0.15, 0.2) is 0 Å². The van der Waals surface area contributed by atoms with Crippen molar-refractivity contribution in [1.82, 2.24) is 0 Å². The second-order valence-electron chi connectivity index (χ2n) is 3.61. The minimum absolute atomic E-state index is 0.140.